The molecule has 0 atom stereocenters. The largest absolute Gasteiger partial charge is 0.494 e. The minimum Gasteiger partial charge on any atom is -0.494 e. The molecule has 0 spiro atoms. The summed E-state index contributed by atoms with van der Waals surface area (Å²) in [5.74, 6) is 1.35. The highest BCUT2D eigenvalue weighted by Gasteiger charge is 2.16. The fourth-order valence-corrected chi connectivity index (χ4v) is 3.47. The smallest absolute Gasteiger partial charge is 0.255 e. The molecule has 0 aliphatic carbocycles. The van der Waals surface area contributed by atoms with Gasteiger partial charge in [0.2, 0.25) is 5.91 Å². The van der Waals surface area contributed by atoms with Gasteiger partial charge in [0.15, 0.2) is 0 Å². The molecule has 1 saturated heterocycles. The summed E-state index contributed by atoms with van der Waals surface area (Å²) in [6.07, 6.45) is 6.19. The summed E-state index contributed by atoms with van der Waals surface area (Å²) >= 11 is 0. The fraction of sp³-hybridized carbons (Fsp3) is 0.435. The van der Waals surface area contributed by atoms with E-state index in [2.05, 4.69) is 15.6 Å². The normalized spacial score (nSPS) is 14.2. The van der Waals surface area contributed by atoms with E-state index in [0.717, 1.165) is 43.7 Å². The number of benzene rings is 1. The van der Waals surface area contributed by atoms with Crippen LogP contribution in [0, 0.1) is 0 Å². The average molecular weight is 411 g/mol. The van der Waals surface area contributed by atoms with Crippen LogP contribution in [0.2, 0.25) is 0 Å². The Labute approximate surface area is 177 Å². The number of hydrogen-bond acceptors (Lipinski definition) is 5. The summed E-state index contributed by atoms with van der Waals surface area (Å²) in [7, 11) is 0. The number of carbonyl (C=O) groups is 2. The number of aromatic nitrogens is 1. The van der Waals surface area contributed by atoms with Crippen molar-refractivity contribution in [1.82, 2.24) is 15.2 Å². The minimum absolute atomic E-state index is 0.182. The molecule has 2 N–H and O–H groups in total. The summed E-state index contributed by atoms with van der Waals surface area (Å²) in [5.41, 5.74) is 1.31. The van der Waals surface area contributed by atoms with Crippen molar-refractivity contribution in [3.63, 3.8) is 0 Å². The molecule has 1 fully saturated rings. The Morgan fingerprint density at radius 2 is 2.00 bits per heavy atom. The first-order valence-corrected chi connectivity index (χ1v) is 10.7. The van der Waals surface area contributed by atoms with Crippen LogP contribution in [-0.4, -0.2) is 47.9 Å². The highest BCUT2D eigenvalue weighted by atomic mass is 16.5. The zero-order chi connectivity index (χ0) is 21.2. The van der Waals surface area contributed by atoms with Gasteiger partial charge in [-0.2, -0.15) is 0 Å². The van der Waals surface area contributed by atoms with Crippen molar-refractivity contribution < 1.29 is 14.3 Å². The molecule has 0 radical (unpaired) electrons. The Balaban J connectivity index is 1.52. The van der Waals surface area contributed by atoms with Crippen molar-refractivity contribution in [2.24, 2.45) is 0 Å². The molecule has 1 aliphatic rings. The molecule has 2 amide bonds. The lowest BCUT2D eigenvalue weighted by Gasteiger charge is -2.20. The van der Waals surface area contributed by atoms with E-state index in [0.29, 0.717) is 37.5 Å². The van der Waals surface area contributed by atoms with Crippen LogP contribution in [0.1, 0.15) is 49.4 Å². The van der Waals surface area contributed by atoms with Crippen molar-refractivity contribution in [2.45, 2.75) is 39.0 Å². The van der Waals surface area contributed by atoms with E-state index < -0.39 is 0 Å². The topological polar surface area (TPSA) is 83.6 Å². The van der Waals surface area contributed by atoms with Gasteiger partial charge in [0.05, 0.1) is 12.2 Å². The van der Waals surface area contributed by atoms with Crippen LogP contribution in [0.5, 0.6) is 5.75 Å². The summed E-state index contributed by atoms with van der Waals surface area (Å²) < 4.78 is 5.45. The predicted octanol–water partition coefficient (Wildman–Crippen LogP) is 3.75. The average Bonchev–Trinajstić information content (AvgIpc) is 2.97. The maximum Gasteiger partial charge on any atom is 0.255 e. The molecule has 2 heterocycles. The first-order chi connectivity index (χ1) is 14.7. The molecular formula is C23H30N4O3. The van der Waals surface area contributed by atoms with Gasteiger partial charge in [-0.15, -0.1) is 0 Å². The van der Waals surface area contributed by atoms with Crippen LogP contribution < -0.4 is 15.4 Å². The fourth-order valence-electron chi connectivity index (χ4n) is 3.47. The Hall–Kier alpha value is -3.09. The number of hydrogen-bond donors (Lipinski definition) is 2. The molecular weight excluding hydrogens is 380 g/mol. The van der Waals surface area contributed by atoms with Gasteiger partial charge in [-0.1, -0.05) is 6.42 Å². The monoisotopic (exact) mass is 410 g/mol. The van der Waals surface area contributed by atoms with Gasteiger partial charge in [0.25, 0.3) is 5.91 Å². The van der Waals surface area contributed by atoms with Crippen molar-refractivity contribution in [1.29, 1.82) is 0 Å². The highest BCUT2D eigenvalue weighted by molar-refractivity contribution is 5.99. The van der Waals surface area contributed by atoms with Crippen LogP contribution in [-0.2, 0) is 4.79 Å². The van der Waals surface area contributed by atoms with Crippen molar-refractivity contribution in [3.05, 3.63) is 48.2 Å². The first-order valence-electron chi connectivity index (χ1n) is 10.7. The number of rotatable bonds is 9. The number of nitrogens with zero attached hydrogens (tertiary/aromatic N) is 2. The molecule has 2 aromatic rings. The number of anilines is 2. The Morgan fingerprint density at radius 3 is 2.80 bits per heavy atom. The minimum atomic E-state index is -0.182. The number of likely N-dealkylation sites (tertiary alicyclic amines) is 1. The third-order valence-corrected chi connectivity index (χ3v) is 5.04. The SMILES string of the molecule is CCOc1ccc(Nc2ncccc2C(=O)NCCCN2CCCCCC2=O)cc1. The molecule has 0 bridgehead atoms. The molecule has 7 nitrogen and oxygen atoms in total. The molecule has 0 unspecified atom stereocenters. The Bertz CT molecular complexity index is 839. The number of ether oxygens (including phenoxy) is 1. The molecule has 7 heteroatoms. The van der Waals surface area contributed by atoms with Gasteiger partial charge in [0, 0.05) is 37.9 Å². The van der Waals surface area contributed by atoms with Crippen molar-refractivity contribution in [3.8, 4) is 5.75 Å². The van der Waals surface area contributed by atoms with Crippen molar-refractivity contribution in [2.75, 3.05) is 31.6 Å². The van der Waals surface area contributed by atoms with E-state index in [1.807, 2.05) is 36.1 Å². The molecule has 1 aliphatic heterocycles. The lowest BCUT2D eigenvalue weighted by atomic mass is 10.2. The number of nitrogens with one attached hydrogen (secondary N) is 2. The summed E-state index contributed by atoms with van der Waals surface area (Å²) in [4.78, 5) is 31.0. The maximum atomic E-state index is 12.7. The summed E-state index contributed by atoms with van der Waals surface area (Å²) in [6.45, 7) is 4.58. The summed E-state index contributed by atoms with van der Waals surface area (Å²) in [5, 5.41) is 6.14. The van der Waals surface area contributed by atoms with Crippen LogP contribution in [0.3, 0.4) is 0 Å². The molecule has 0 saturated carbocycles. The number of pyridine rings is 1. The van der Waals surface area contributed by atoms with Gasteiger partial charge in [-0.25, -0.2) is 4.98 Å². The van der Waals surface area contributed by atoms with E-state index in [1.54, 1.807) is 18.3 Å². The van der Waals surface area contributed by atoms with Gasteiger partial charge in [-0.05, 0) is 62.6 Å². The molecule has 1 aromatic heterocycles. The third kappa shape index (κ3) is 6.20. The maximum absolute atomic E-state index is 12.7. The second-order valence-electron chi connectivity index (χ2n) is 7.28. The molecule has 3 rings (SSSR count). The second kappa shape index (κ2) is 11.2. The van der Waals surface area contributed by atoms with E-state index in [1.165, 1.54) is 0 Å². The second-order valence-corrected chi connectivity index (χ2v) is 7.28. The predicted molar refractivity (Wildman–Crippen MR) is 117 cm³/mol. The van der Waals surface area contributed by atoms with E-state index in [-0.39, 0.29) is 11.8 Å². The molecule has 30 heavy (non-hydrogen) atoms. The Kier molecular flexibility index (Phi) is 8.06. The summed E-state index contributed by atoms with van der Waals surface area (Å²) in [6, 6.07) is 11.0. The lowest BCUT2D eigenvalue weighted by molar-refractivity contribution is -0.130. The quantitative estimate of drug-likeness (QED) is 0.615. The Morgan fingerprint density at radius 1 is 1.17 bits per heavy atom. The van der Waals surface area contributed by atoms with Gasteiger partial charge < -0.3 is 20.3 Å². The van der Waals surface area contributed by atoms with E-state index in [9.17, 15) is 9.59 Å². The third-order valence-electron chi connectivity index (χ3n) is 5.04. The van der Waals surface area contributed by atoms with Gasteiger partial charge in [0.1, 0.15) is 11.6 Å². The standard InChI is InChI=1S/C23H30N4O3/c1-2-30-19-12-10-18(11-13-19)26-22-20(8-6-14-24-22)23(29)25-15-7-17-27-16-5-3-4-9-21(27)28/h6,8,10-14H,2-5,7,9,15-17H2,1H3,(H,24,26)(H,25,29). The number of amides is 2. The lowest BCUT2D eigenvalue weighted by Crippen LogP contribution is -2.34. The zero-order valence-corrected chi connectivity index (χ0v) is 17.5. The first kappa shape index (κ1) is 21.6. The van der Waals surface area contributed by atoms with Crippen molar-refractivity contribution >= 4 is 23.3 Å². The highest BCUT2D eigenvalue weighted by Crippen LogP contribution is 2.21. The zero-order valence-electron chi connectivity index (χ0n) is 17.5. The van der Waals surface area contributed by atoms with E-state index >= 15 is 0 Å². The molecule has 160 valence electrons. The number of carbonyl (C=O) groups excluding carboxylic acids is 2. The molecule has 1 aromatic carbocycles. The van der Waals surface area contributed by atoms with Gasteiger partial charge >= 0.3 is 0 Å². The van der Waals surface area contributed by atoms with E-state index in [4.69, 9.17) is 4.74 Å². The van der Waals surface area contributed by atoms with Crippen LogP contribution >= 0.6 is 0 Å². The van der Waals surface area contributed by atoms with Crippen LogP contribution in [0.15, 0.2) is 42.6 Å². The van der Waals surface area contributed by atoms with Gasteiger partial charge in [-0.3, -0.25) is 9.59 Å². The van der Waals surface area contributed by atoms with Crippen LogP contribution in [0.25, 0.3) is 0 Å². The van der Waals surface area contributed by atoms with Crippen LogP contribution in [0.4, 0.5) is 11.5 Å².